The highest BCUT2D eigenvalue weighted by molar-refractivity contribution is 4.69. The normalized spacial score (nSPS) is 22.0. The largest absolute Gasteiger partial charge is 0.393 e. The monoisotopic (exact) mass is 213 g/mol. The van der Waals surface area contributed by atoms with Gasteiger partial charge in [-0.2, -0.15) is 0 Å². The Labute approximate surface area is 94.5 Å². The molecule has 0 aromatic carbocycles. The van der Waals surface area contributed by atoms with Crippen molar-refractivity contribution in [3.63, 3.8) is 0 Å². The van der Waals surface area contributed by atoms with Gasteiger partial charge in [0, 0.05) is 6.04 Å². The van der Waals surface area contributed by atoms with Gasteiger partial charge in [0.2, 0.25) is 0 Å². The minimum Gasteiger partial charge on any atom is -0.393 e. The average molecular weight is 213 g/mol. The van der Waals surface area contributed by atoms with Crippen molar-refractivity contribution in [2.45, 2.75) is 76.9 Å². The summed E-state index contributed by atoms with van der Waals surface area (Å²) in [4.78, 5) is 0. The van der Waals surface area contributed by atoms with E-state index in [1.54, 1.807) is 0 Å². The molecule has 15 heavy (non-hydrogen) atoms. The predicted octanol–water partition coefficient (Wildman–Crippen LogP) is 2.85. The molecule has 1 unspecified atom stereocenters. The smallest absolute Gasteiger partial charge is 0.0512 e. The molecule has 2 heteroatoms. The van der Waals surface area contributed by atoms with Crippen LogP contribution >= 0.6 is 0 Å². The molecule has 0 aromatic heterocycles. The molecule has 1 rings (SSSR count). The maximum Gasteiger partial charge on any atom is 0.0512 e. The number of aliphatic hydroxyl groups excluding tert-OH is 1. The molecule has 0 aromatic rings. The quantitative estimate of drug-likeness (QED) is 0.688. The number of rotatable bonds is 5. The van der Waals surface area contributed by atoms with Crippen LogP contribution in [0.4, 0.5) is 0 Å². The Kier molecular flexibility index (Phi) is 7.03. The van der Waals surface area contributed by atoms with E-state index in [9.17, 15) is 0 Å². The summed E-state index contributed by atoms with van der Waals surface area (Å²) in [5.74, 6) is 0. The van der Waals surface area contributed by atoms with Crippen LogP contribution in [0.25, 0.3) is 0 Å². The lowest BCUT2D eigenvalue weighted by atomic mass is 9.96. The van der Waals surface area contributed by atoms with Gasteiger partial charge in [-0.3, -0.25) is 0 Å². The molecule has 1 saturated carbocycles. The van der Waals surface area contributed by atoms with Gasteiger partial charge in [0.25, 0.3) is 0 Å². The van der Waals surface area contributed by atoms with E-state index in [4.69, 9.17) is 5.11 Å². The molecule has 0 saturated heterocycles. The fraction of sp³-hybridized carbons (Fsp3) is 1.00. The van der Waals surface area contributed by atoms with Gasteiger partial charge in [-0.25, -0.2) is 0 Å². The third-order valence-electron chi connectivity index (χ3n) is 3.34. The van der Waals surface area contributed by atoms with Gasteiger partial charge in [0.15, 0.2) is 0 Å². The van der Waals surface area contributed by atoms with Crippen molar-refractivity contribution >= 4 is 0 Å². The molecule has 1 fully saturated rings. The van der Waals surface area contributed by atoms with Crippen molar-refractivity contribution in [1.82, 2.24) is 5.32 Å². The Balaban J connectivity index is 2.02. The first-order chi connectivity index (χ1) is 7.29. The summed E-state index contributed by atoms with van der Waals surface area (Å²) in [6.45, 7) is 2.95. The maximum absolute atomic E-state index is 9.14. The van der Waals surface area contributed by atoms with Crippen LogP contribution in [0.15, 0.2) is 0 Å². The lowest BCUT2D eigenvalue weighted by Crippen LogP contribution is -2.30. The van der Waals surface area contributed by atoms with Crippen molar-refractivity contribution in [3.8, 4) is 0 Å². The molecule has 0 aliphatic heterocycles. The fourth-order valence-corrected chi connectivity index (χ4v) is 2.36. The molecule has 0 amide bonds. The van der Waals surface area contributed by atoms with Crippen LogP contribution in [-0.4, -0.2) is 23.8 Å². The zero-order valence-corrected chi connectivity index (χ0v) is 10.2. The molecule has 1 aliphatic carbocycles. The molecule has 2 N–H and O–H groups in total. The van der Waals surface area contributed by atoms with E-state index in [2.05, 4.69) is 5.32 Å². The Morgan fingerprint density at radius 2 is 1.73 bits per heavy atom. The van der Waals surface area contributed by atoms with Crippen molar-refractivity contribution in [2.75, 3.05) is 6.54 Å². The second kappa shape index (κ2) is 8.12. The first-order valence-electron chi connectivity index (χ1n) is 6.70. The summed E-state index contributed by atoms with van der Waals surface area (Å²) in [6.07, 6.45) is 11.7. The Bertz CT molecular complexity index is 139. The first kappa shape index (κ1) is 13.0. The van der Waals surface area contributed by atoms with E-state index in [1.807, 2.05) is 6.92 Å². The molecule has 2 nitrogen and oxygen atoms in total. The van der Waals surface area contributed by atoms with E-state index in [-0.39, 0.29) is 6.10 Å². The van der Waals surface area contributed by atoms with Gasteiger partial charge in [0.05, 0.1) is 6.10 Å². The SMILES string of the molecule is CC(O)CCCNC1CCCCCCC1. The van der Waals surface area contributed by atoms with Crippen molar-refractivity contribution in [3.05, 3.63) is 0 Å². The Morgan fingerprint density at radius 3 is 2.33 bits per heavy atom. The van der Waals surface area contributed by atoms with Crippen molar-refractivity contribution < 1.29 is 5.11 Å². The Morgan fingerprint density at radius 1 is 1.13 bits per heavy atom. The number of hydrogen-bond acceptors (Lipinski definition) is 2. The first-order valence-corrected chi connectivity index (χ1v) is 6.70. The summed E-state index contributed by atoms with van der Waals surface area (Å²) < 4.78 is 0. The number of aliphatic hydroxyl groups is 1. The highest BCUT2D eigenvalue weighted by atomic mass is 16.3. The molecule has 0 radical (unpaired) electrons. The minimum absolute atomic E-state index is 0.135. The van der Waals surface area contributed by atoms with Crippen LogP contribution < -0.4 is 5.32 Å². The molecule has 90 valence electrons. The predicted molar refractivity (Wildman–Crippen MR) is 65.0 cm³/mol. The van der Waals surface area contributed by atoms with Crippen molar-refractivity contribution in [1.29, 1.82) is 0 Å². The highest BCUT2D eigenvalue weighted by Gasteiger charge is 2.09. The van der Waals surface area contributed by atoms with Crippen LogP contribution in [-0.2, 0) is 0 Å². The fourth-order valence-electron chi connectivity index (χ4n) is 2.36. The lowest BCUT2D eigenvalue weighted by Gasteiger charge is -2.21. The minimum atomic E-state index is -0.135. The zero-order chi connectivity index (χ0) is 10.9. The van der Waals surface area contributed by atoms with Gasteiger partial charge in [-0.15, -0.1) is 0 Å². The lowest BCUT2D eigenvalue weighted by molar-refractivity contribution is 0.180. The third-order valence-corrected chi connectivity index (χ3v) is 3.34. The van der Waals surface area contributed by atoms with Crippen LogP contribution in [0.1, 0.15) is 64.7 Å². The van der Waals surface area contributed by atoms with Gasteiger partial charge >= 0.3 is 0 Å². The van der Waals surface area contributed by atoms with E-state index in [0.29, 0.717) is 0 Å². The molecule has 0 spiro atoms. The van der Waals surface area contributed by atoms with Crippen LogP contribution in [0, 0.1) is 0 Å². The van der Waals surface area contributed by atoms with Crippen LogP contribution in [0.3, 0.4) is 0 Å². The van der Waals surface area contributed by atoms with Gasteiger partial charge in [-0.1, -0.05) is 32.1 Å². The van der Waals surface area contributed by atoms with Gasteiger partial charge in [-0.05, 0) is 39.2 Å². The Hall–Kier alpha value is -0.0800. The summed E-state index contributed by atoms with van der Waals surface area (Å²) in [5, 5.41) is 12.8. The topological polar surface area (TPSA) is 32.3 Å². The average Bonchev–Trinajstić information content (AvgIpc) is 2.14. The molecule has 1 aliphatic rings. The highest BCUT2D eigenvalue weighted by Crippen LogP contribution is 2.17. The standard InChI is InChI=1S/C13H27NO/c1-12(15)8-7-11-14-13-9-5-3-2-4-6-10-13/h12-15H,2-11H2,1H3. The van der Waals surface area contributed by atoms with Crippen molar-refractivity contribution in [2.24, 2.45) is 0 Å². The van der Waals surface area contributed by atoms with E-state index in [0.717, 1.165) is 25.4 Å². The molecule has 1 atom stereocenters. The van der Waals surface area contributed by atoms with E-state index in [1.165, 1.54) is 44.9 Å². The summed E-state index contributed by atoms with van der Waals surface area (Å²) in [7, 11) is 0. The van der Waals surface area contributed by atoms with E-state index >= 15 is 0 Å². The molecular formula is C13H27NO. The summed E-state index contributed by atoms with van der Waals surface area (Å²) >= 11 is 0. The second-order valence-corrected chi connectivity index (χ2v) is 4.99. The second-order valence-electron chi connectivity index (χ2n) is 4.99. The van der Waals surface area contributed by atoms with Gasteiger partial charge < -0.3 is 10.4 Å². The molecular weight excluding hydrogens is 186 g/mol. The molecule has 0 bridgehead atoms. The van der Waals surface area contributed by atoms with Gasteiger partial charge in [0.1, 0.15) is 0 Å². The summed E-state index contributed by atoms with van der Waals surface area (Å²) in [5.41, 5.74) is 0. The maximum atomic E-state index is 9.14. The number of hydrogen-bond donors (Lipinski definition) is 2. The number of nitrogens with one attached hydrogen (secondary N) is 1. The molecule has 0 heterocycles. The third kappa shape index (κ3) is 6.91. The summed E-state index contributed by atoms with van der Waals surface area (Å²) in [6, 6.07) is 0.749. The van der Waals surface area contributed by atoms with Crippen LogP contribution in [0.5, 0.6) is 0 Å². The van der Waals surface area contributed by atoms with Crippen LogP contribution in [0.2, 0.25) is 0 Å². The zero-order valence-electron chi connectivity index (χ0n) is 10.2. The van der Waals surface area contributed by atoms with E-state index < -0.39 is 0 Å².